The van der Waals surface area contributed by atoms with Gasteiger partial charge in [-0.05, 0) is 73.2 Å². The van der Waals surface area contributed by atoms with Crippen molar-refractivity contribution < 1.29 is 18.7 Å². The molecule has 0 bridgehead atoms. The van der Waals surface area contributed by atoms with Crippen molar-refractivity contribution in [3.05, 3.63) is 71.8 Å². The number of hydrogen-bond donors (Lipinski definition) is 0. The number of rotatable bonds is 7. The van der Waals surface area contributed by atoms with Crippen molar-refractivity contribution in [2.45, 2.75) is 45.6 Å². The summed E-state index contributed by atoms with van der Waals surface area (Å²) in [7, 11) is 2.12. The molecule has 198 valence electrons. The molecule has 0 spiro atoms. The summed E-state index contributed by atoms with van der Waals surface area (Å²) in [5.74, 6) is -0.812. The second-order valence-corrected chi connectivity index (χ2v) is 9.91. The van der Waals surface area contributed by atoms with Crippen LogP contribution in [0.15, 0.2) is 54.6 Å². The Labute approximate surface area is 222 Å². The van der Waals surface area contributed by atoms with Gasteiger partial charge in [0.1, 0.15) is 5.82 Å². The Bertz CT molecular complexity index is 1440. The van der Waals surface area contributed by atoms with Crippen molar-refractivity contribution in [2.24, 2.45) is 0 Å². The molecule has 0 atom stereocenters. The molecule has 2 aromatic heterocycles. The summed E-state index contributed by atoms with van der Waals surface area (Å²) in [6.45, 7) is 7.69. The maximum Gasteiger partial charge on any atom is 0.357 e. The van der Waals surface area contributed by atoms with Crippen molar-refractivity contribution in [3.8, 4) is 16.8 Å². The van der Waals surface area contributed by atoms with Crippen molar-refractivity contribution in [1.82, 2.24) is 14.8 Å². The van der Waals surface area contributed by atoms with E-state index < -0.39 is 5.97 Å². The van der Waals surface area contributed by atoms with Crippen LogP contribution in [0.3, 0.4) is 0 Å². The van der Waals surface area contributed by atoms with E-state index >= 15 is 0 Å². The van der Waals surface area contributed by atoms with Crippen molar-refractivity contribution in [2.75, 3.05) is 31.8 Å². The maximum atomic E-state index is 14.2. The fourth-order valence-corrected chi connectivity index (χ4v) is 5.03. The van der Waals surface area contributed by atoms with E-state index in [1.807, 2.05) is 0 Å². The van der Waals surface area contributed by atoms with Crippen LogP contribution in [0.1, 0.15) is 55.7 Å². The van der Waals surface area contributed by atoms with E-state index in [2.05, 4.69) is 55.0 Å². The van der Waals surface area contributed by atoms with E-state index in [0.717, 1.165) is 53.9 Å². The third-order valence-corrected chi connectivity index (χ3v) is 7.07. The predicted molar refractivity (Wildman–Crippen MR) is 147 cm³/mol. The molecule has 1 aliphatic heterocycles. The summed E-state index contributed by atoms with van der Waals surface area (Å²) < 4.78 is 26.6. The highest BCUT2D eigenvalue weighted by molar-refractivity contribution is 6.00. The molecule has 0 unspecified atom stereocenters. The van der Waals surface area contributed by atoms with Crippen LogP contribution >= 0.6 is 0 Å². The van der Waals surface area contributed by atoms with Crippen LogP contribution in [0.2, 0.25) is 0 Å². The first-order chi connectivity index (χ1) is 18.4. The van der Waals surface area contributed by atoms with E-state index in [1.54, 1.807) is 29.8 Å². The fourth-order valence-electron chi connectivity index (χ4n) is 5.03. The number of hydrogen-bond acceptors (Lipinski definition) is 6. The first-order valence-corrected chi connectivity index (χ1v) is 13.1. The SMILES string of the molecule is CCOC(=O)c1cc(-c2ccc(N(C)C3CCOCC3)cc2)c2c(C(C)C)nn(-c3cccc(F)c3)c2n1. The summed E-state index contributed by atoms with van der Waals surface area (Å²) in [6.07, 6.45) is 2.01. The van der Waals surface area contributed by atoms with Gasteiger partial charge in [-0.1, -0.05) is 32.0 Å². The van der Waals surface area contributed by atoms with Crippen LogP contribution < -0.4 is 4.90 Å². The molecule has 3 heterocycles. The highest BCUT2D eigenvalue weighted by Gasteiger charge is 2.24. The molecule has 0 saturated carbocycles. The molecule has 8 heteroatoms. The Kier molecular flexibility index (Phi) is 7.42. The average molecular weight is 517 g/mol. The number of aromatic nitrogens is 3. The summed E-state index contributed by atoms with van der Waals surface area (Å²) in [5, 5.41) is 5.69. The third kappa shape index (κ3) is 5.00. The van der Waals surface area contributed by atoms with Gasteiger partial charge in [0.15, 0.2) is 11.3 Å². The van der Waals surface area contributed by atoms with Gasteiger partial charge in [-0.25, -0.2) is 18.9 Å². The number of nitrogens with zero attached hydrogens (tertiary/aromatic N) is 4. The maximum absolute atomic E-state index is 14.2. The number of carbonyl (C=O) groups is 1. The molecule has 4 aromatic rings. The zero-order valence-corrected chi connectivity index (χ0v) is 22.3. The minimum atomic E-state index is -0.510. The number of carbonyl (C=O) groups excluding carboxylic acids is 1. The molecule has 1 saturated heterocycles. The Hall–Kier alpha value is -3.78. The molecule has 0 aliphatic carbocycles. The molecule has 0 amide bonds. The Balaban J connectivity index is 1.67. The summed E-state index contributed by atoms with van der Waals surface area (Å²) >= 11 is 0. The second-order valence-electron chi connectivity index (χ2n) is 9.91. The number of halogens is 1. The molecule has 5 rings (SSSR count). The van der Waals surface area contributed by atoms with Crippen molar-refractivity contribution >= 4 is 22.7 Å². The molecule has 0 N–H and O–H groups in total. The lowest BCUT2D eigenvalue weighted by Crippen LogP contribution is -2.36. The first kappa shape index (κ1) is 25.9. The average Bonchev–Trinajstić information content (AvgIpc) is 3.33. The molecular weight excluding hydrogens is 483 g/mol. The zero-order chi connectivity index (χ0) is 26.8. The number of anilines is 1. The van der Waals surface area contributed by atoms with Gasteiger partial charge in [-0.3, -0.25) is 0 Å². The van der Waals surface area contributed by atoms with Gasteiger partial charge in [-0.15, -0.1) is 0 Å². The van der Waals surface area contributed by atoms with E-state index in [9.17, 15) is 9.18 Å². The fraction of sp³-hybridized carbons (Fsp3) is 0.367. The topological polar surface area (TPSA) is 69.5 Å². The van der Waals surface area contributed by atoms with Crippen LogP contribution in [0, 0.1) is 5.82 Å². The van der Waals surface area contributed by atoms with Crippen LogP contribution in [-0.2, 0) is 9.47 Å². The smallest absolute Gasteiger partial charge is 0.357 e. The van der Waals surface area contributed by atoms with Gasteiger partial charge in [0, 0.05) is 32.0 Å². The standard InChI is InChI=1S/C30H33FN4O3/c1-5-38-30(36)26-18-25(20-9-11-22(12-10-20)34(4)23-13-15-37-16-14-23)27-28(19(2)3)33-35(29(27)32-26)24-8-6-7-21(31)17-24/h6-12,17-19,23H,5,13-16H2,1-4H3. The van der Waals surface area contributed by atoms with Gasteiger partial charge in [0.05, 0.1) is 23.4 Å². The first-order valence-electron chi connectivity index (χ1n) is 13.1. The van der Waals surface area contributed by atoms with E-state index in [-0.39, 0.29) is 24.0 Å². The summed E-state index contributed by atoms with van der Waals surface area (Å²) in [5.41, 5.74) is 4.93. The van der Waals surface area contributed by atoms with E-state index in [1.165, 1.54) is 12.1 Å². The molecule has 38 heavy (non-hydrogen) atoms. The molecule has 2 aromatic carbocycles. The van der Waals surface area contributed by atoms with Crippen molar-refractivity contribution in [3.63, 3.8) is 0 Å². The predicted octanol–water partition coefficient (Wildman–Crippen LogP) is 6.14. The van der Waals surface area contributed by atoms with Gasteiger partial charge >= 0.3 is 5.97 Å². The number of ether oxygens (including phenoxy) is 2. The van der Waals surface area contributed by atoms with Crippen LogP contribution in [-0.4, -0.2) is 53.6 Å². The minimum absolute atomic E-state index is 0.0697. The Morgan fingerprint density at radius 2 is 1.89 bits per heavy atom. The lowest BCUT2D eigenvalue weighted by atomic mass is 9.97. The molecule has 1 fully saturated rings. The van der Waals surface area contributed by atoms with Crippen LogP contribution in [0.5, 0.6) is 0 Å². The Morgan fingerprint density at radius 3 is 2.55 bits per heavy atom. The highest BCUT2D eigenvalue weighted by atomic mass is 19.1. The normalized spacial score (nSPS) is 14.3. The molecule has 0 radical (unpaired) electrons. The van der Waals surface area contributed by atoms with Crippen LogP contribution in [0.25, 0.3) is 27.8 Å². The molecular formula is C30H33FN4O3. The monoisotopic (exact) mass is 516 g/mol. The van der Waals surface area contributed by atoms with Crippen LogP contribution in [0.4, 0.5) is 10.1 Å². The van der Waals surface area contributed by atoms with Crippen molar-refractivity contribution in [1.29, 1.82) is 0 Å². The summed E-state index contributed by atoms with van der Waals surface area (Å²) in [6, 6.07) is 16.8. The van der Waals surface area contributed by atoms with Gasteiger partial charge in [0.2, 0.25) is 0 Å². The highest BCUT2D eigenvalue weighted by Crippen LogP contribution is 2.36. The second kappa shape index (κ2) is 10.9. The number of pyridine rings is 1. The lowest BCUT2D eigenvalue weighted by molar-refractivity contribution is 0.0520. The zero-order valence-electron chi connectivity index (χ0n) is 22.3. The molecule has 7 nitrogen and oxygen atoms in total. The van der Waals surface area contributed by atoms with Gasteiger partial charge in [-0.2, -0.15) is 5.10 Å². The van der Waals surface area contributed by atoms with Gasteiger partial charge in [0.25, 0.3) is 0 Å². The number of fused-ring (bicyclic) bond motifs is 1. The quantitative estimate of drug-likeness (QED) is 0.275. The van der Waals surface area contributed by atoms with Gasteiger partial charge < -0.3 is 14.4 Å². The summed E-state index contributed by atoms with van der Waals surface area (Å²) in [4.78, 5) is 19.8. The Morgan fingerprint density at radius 1 is 1.16 bits per heavy atom. The largest absolute Gasteiger partial charge is 0.461 e. The lowest BCUT2D eigenvalue weighted by Gasteiger charge is -2.33. The van der Waals surface area contributed by atoms with E-state index in [0.29, 0.717) is 17.4 Å². The van der Waals surface area contributed by atoms with E-state index in [4.69, 9.17) is 14.6 Å². The minimum Gasteiger partial charge on any atom is -0.461 e. The number of benzene rings is 2. The number of esters is 1. The molecule has 1 aliphatic rings. The third-order valence-electron chi connectivity index (χ3n) is 7.07.